The summed E-state index contributed by atoms with van der Waals surface area (Å²) in [5.74, 6) is -1.84. The van der Waals surface area contributed by atoms with Gasteiger partial charge in [0, 0.05) is 11.4 Å². The molecule has 6 heteroatoms. The fourth-order valence-corrected chi connectivity index (χ4v) is 2.56. The molecule has 0 N–H and O–H groups in total. The molecule has 0 aliphatic heterocycles. The molecule has 0 bridgehead atoms. The van der Waals surface area contributed by atoms with Gasteiger partial charge < -0.3 is 0 Å². The van der Waals surface area contributed by atoms with Gasteiger partial charge >= 0.3 is 0 Å². The topological polar surface area (TPSA) is 34.1 Å². The fourth-order valence-electron chi connectivity index (χ4n) is 1.56. The molecule has 0 amide bonds. The molecule has 1 rings (SSSR count). The van der Waals surface area contributed by atoms with Crippen molar-refractivity contribution in [3.8, 4) is 0 Å². The summed E-state index contributed by atoms with van der Waals surface area (Å²) in [5.41, 5.74) is -0.211. The van der Waals surface area contributed by atoms with Crippen molar-refractivity contribution in [1.82, 2.24) is 0 Å². The smallest absolute Gasteiger partial charge is 0.220 e. The number of carbonyl (C=O) groups excluding carboxylic acids is 2. The number of hydrogen-bond acceptors (Lipinski definition) is 2. The van der Waals surface area contributed by atoms with Crippen molar-refractivity contribution in [1.29, 1.82) is 0 Å². The maximum absolute atomic E-state index is 13.8. The van der Waals surface area contributed by atoms with Crippen molar-refractivity contribution < 1.29 is 14.0 Å². The van der Waals surface area contributed by atoms with E-state index < -0.39 is 17.7 Å². The number of Topliss-reactive ketones (excluding diaryl/α,β-unsaturated/α-hetero) is 2. The van der Waals surface area contributed by atoms with E-state index in [0.29, 0.717) is 0 Å². The minimum Gasteiger partial charge on any atom is -0.296 e. The number of rotatable bonds is 5. The Kier molecular flexibility index (Phi) is 5.78. The molecule has 1 aromatic carbocycles. The van der Waals surface area contributed by atoms with Crippen LogP contribution >= 0.6 is 34.8 Å². The lowest BCUT2D eigenvalue weighted by atomic mass is 9.98. The zero-order valence-electron chi connectivity index (χ0n) is 10.3. The molecule has 1 aromatic rings. The maximum atomic E-state index is 13.8. The second-order valence-electron chi connectivity index (χ2n) is 4.54. The first-order chi connectivity index (χ1) is 8.73. The third-order valence-electron chi connectivity index (χ3n) is 2.38. The van der Waals surface area contributed by atoms with Crippen LogP contribution in [-0.2, 0) is 4.79 Å². The predicted octanol–water partition coefficient (Wildman–Crippen LogP) is 4.78. The Morgan fingerprint density at radius 3 is 2.05 bits per heavy atom. The number of ketones is 2. The van der Waals surface area contributed by atoms with Gasteiger partial charge in [0.25, 0.3) is 0 Å². The molecule has 0 aliphatic rings. The van der Waals surface area contributed by atoms with Crippen molar-refractivity contribution in [2.75, 3.05) is 0 Å². The van der Waals surface area contributed by atoms with Crippen molar-refractivity contribution in [2.45, 2.75) is 26.4 Å². The van der Waals surface area contributed by atoms with Crippen LogP contribution in [0.1, 0.15) is 30.6 Å². The molecule has 104 valence electrons. The van der Waals surface area contributed by atoms with E-state index in [2.05, 4.69) is 0 Å². The third kappa shape index (κ3) is 4.16. The van der Waals surface area contributed by atoms with E-state index in [1.54, 1.807) is 13.8 Å². The summed E-state index contributed by atoms with van der Waals surface area (Å²) in [6.45, 7) is 3.52. The Morgan fingerprint density at radius 1 is 1.16 bits per heavy atom. The lowest BCUT2D eigenvalue weighted by molar-refractivity contribution is -0.122. The molecule has 0 radical (unpaired) electrons. The molecule has 0 saturated heterocycles. The minimum absolute atomic E-state index is 0.0181. The standard InChI is InChI=1S/C13H12Cl3FO2/c1-6(2)3-10(18)12(17)13(19)11-8(15)4-7(14)5-9(11)16/h4-6,12H,3H2,1-2H3. The molecule has 0 saturated carbocycles. The third-order valence-corrected chi connectivity index (χ3v) is 3.19. The fraction of sp³-hybridized carbons (Fsp3) is 0.385. The molecule has 1 atom stereocenters. The van der Waals surface area contributed by atoms with E-state index in [-0.39, 0.29) is 33.0 Å². The van der Waals surface area contributed by atoms with Gasteiger partial charge in [-0.15, -0.1) is 0 Å². The van der Waals surface area contributed by atoms with E-state index in [1.165, 1.54) is 12.1 Å². The molecule has 0 aliphatic carbocycles. The van der Waals surface area contributed by atoms with Gasteiger partial charge in [-0.2, -0.15) is 0 Å². The Bertz CT molecular complexity index is 492. The van der Waals surface area contributed by atoms with Gasteiger partial charge in [0.2, 0.25) is 12.0 Å². The number of alkyl halides is 1. The predicted molar refractivity (Wildman–Crippen MR) is 75.2 cm³/mol. The van der Waals surface area contributed by atoms with Crippen molar-refractivity contribution in [2.24, 2.45) is 5.92 Å². The monoisotopic (exact) mass is 324 g/mol. The SMILES string of the molecule is CC(C)CC(=O)C(F)C(=O)c1c(Cl)cc(Cl)cc1Cl. The van der Waals surface area contributed by atoms with Gasteiger partial charge in [0.05, 0.1) is 15.6 Å². The van der Waals surface area contributed by atoms with Crippen LogP contribution in [0.5, 0.6) is 0 Å². The summed E-state index contributed by atoms with van der Waals surface area (Å²) in [5, 5.41) is 0.0976. The largest absolute Gasteiger partial charge is 0.296 e. The first-order valence-corrected chi connectivity index (χ1v) is 6.73. The number of benzene rings is 1. The van der Waals surface area contributed by atoms with Crippen molar-refractivity contribution >= 4 is 46.4 Å². The highest BCUT2D eigenvalue weighted by atomic mass is 35.5. The molecular weight excluding hydrogens is 313 g/mol. The highest BCUT2D eigenvalue weighted by Gasteiger charge is 2.30. The highest BCUT2D eigenvalue weighted by Crippen LogP contribution is 2.30. The summed E-state index contributed by atoms with van der Waals surface area (Å²) in [6.07, 6.45) is -2.27. The first kappa shape index (κ1) is 16.4. The molecular formula is C13H12Cl3FO2. The zero-order chi connectivity index (χ0) is 14.7. The van der Waals surface area contributed by atoms with Crippen LogP contribution in [0.4, 0.5) is 4.39 Å². The van der Waals surface area contributed by atoms with Gasteiger partial charge in [0.1, 0.15) is 0 Å². The number of hydrogen-bond donors (Lipinski definition) is 0. The second kappa shape index (κ2) is 6.69. The van der Waals surface area contributed by atoms with Crippen LogP contribution in [-0.4, -0.2) is 17.7 Å². The molecule has 2 nitrogen and oxygen atoms in total. The summed E-state index contributed by atoms with van der Waals surface area (Å²) in [4.78, 5) is 23.5. The van der Waals surface area contributed by atoms with Crippen LogP contribution in [0.3, 0.4) is 0 Å². The summed E-state index contributed by atoms with van der Waals surface area (Å²) >= 11 is 17.3. The van der Waals surface area contributed by atoms with E-state index in [9.17, 15) is 14.0 Å². The van der Waals surface area contributed by atoms with E-state index in [0.717, 1.165) is 0 Å². The average Bonchev–Trinajstić information content (AvgIpc) is 2.25. The van der Waals surface area contributed by atoms with Gasteiger partial charge in [-0.05, 0) is 18.1 Å². The Hall–Kier alpha value is -0.640. The number of carbonyl (C=O) groups is 2. The molecule has 0 spiro atoms. The quantitative estimate of drug-likeness (QED) is 0.576. The van der Waals surface area contributed by atoms with Crippen LogP contribution in [0, 0.1) is 5.92 Å². The van der Waals surface area contributed by atoms with E-state index in [4.69, 9.17) is 34.8 Å². The van der Waals surface area contributed by atoms with Crippen LogP contribution < -0.4 is 0 Å². The van der Waals surface area contributed by atoms with Gasteiger partial charge in [-0.25, -0.2) is 4.39 Å². The lowest BCUT2D eigenvalue weighted by Crippen LogP contribution is -2.27. The molecule has 0 aromatic heterocycles. The second-order valence-corrected chi connectivity index (χ2v) is 5.79. The normalized spacial score (nSPS) is 12.6. The Labute approximate surface area is 125 Å². The van der Waals surface area contributed by atoms with Gasteiger partial charge in [0.15, 0.2) is 5.78 Å². The van der Waals surface area contributed by atoms with Crippen LogP contribution in [0.25, 0.3) is 0 Å². The molecule has 1 unspecified atom stereocenters. The van der Waals surface area contributed by atoms with Gasteiger partial charge in [-0.3, -0.25) is 9.59 Å². The lowest BCUT2D eigenvalue weighted by Gasteiger charge is -2.11. The Balaban J connectivity index is 3.04. The van der Waals surface area contributed by atoms with Crippen molar-refractivity contribution in [3.05, 3.63) is 32.8 Å². The van der Waals surface area contributed by atoms with Crippen LogP contribution in [0.15, 0.2) is 12.1 Å². The molecule has 19 heavy (non-hydrogen) atoms. The minimum atomic E-state index is -2.25. The summed E-state index contributed by atoms with van der Waals surface area (Å²) < 4.78 is 13.8. The van der Waals surface area contributed by atoms with E-state index in [1.807, 2.05) is 0 Å². The zero-order valence-corrected chi connectivity index (χ0v) is 12.6. The number of halogens is 4. The maximum Gasteiger partial charge on any atom is 0.220 e. The van der Waals surface area contributed by atoms with E-state index >= 15 is 0 Å². The summed E-state index contributed by atoms with van der Waals surface area (Å²) in [7, 11) is 0. The van der Waals surface area contributed by atoms with Crippen LogP contribution in [0.2, 0.25) is 15.1 Å². The van der Waals surface area contributed by atoms with Gasteiger partial charge in [-0.1, -0.05) is 48.7 Å². The van der Waals surface area contributed by atoms with Crippen molar-refractivity contribution in [3.63, 3.8) is 0 Å². The Morgan fingerprint density at radius 2 is 1.63 bits per heavy atom. The average molecular weight is 326 g/mol. The summed E-state index contributed by atoms with van der Waals surface area (Å²) in [6, 6.07) is 2.56. The molecule has 0 fully saturated rings. The molecule has 0 heterocycles. The highest BCUT2D eigenvalue weighted by molar-refractivity contribution is 6.43. The first-order valence-electron chi connectivity index (χ1n) is 5.59.